The molecule has 5 heteroatoms. The predicted octanol–water partition coefficient (Wildman–Crippen LogP) is 4.51. The number of anilines is 1. The topological polar surface area (TPSA) is 53.8 Å². The van der Waals surface area contributed by atoms with E-state index >= 15 is 0 Å². The Labute approximate surface area is 151 Å². The lowest BCUT2D eigenvalue weighted by Gasteiger charge is -2.14. The Morgan fingerprint density at radius 2 is 1.80 bits per heavy atom. The third-order valence-electron chi connectivity index (χ3n) is 3.70. The van der Waals surface area contributed by atoms with Crippen LogP contribution in [0, 0.1) is 0 Å². The molecule has 0 aliphatic carbocycles. The molecule has 1 aliphatic heterocycles. The first-order valence-corrected chi connectivity index (χ1v) is 8.96. The Morgan fingerprint density at radius 3 is 2.48 bits per heavy atom. The number of rotatable bonds is 6. The van der Waals surface area contributed by atoms with Crippen LogP contribution in [0.1, 0.15) is 18.4 Å². The molecule has 0 fully saturated rings. The van der Waals surface area contributed by atoms with Gasteiger partial charge in [-0.1, -0.05) is 66.4 Å². The van der Waals surface area contributed by atoms with Crippen molar-refractivity contribution < 1.29 is 4.79 Å². The van der Waals surface area contributed by atoms with E-state index in [1.165, 1.54) is 11.8 Å². The lowest BCUT2D eigenvalue weighted by molar-refractivity contribution is -0.115. The molecule has 0 aromatic heterocycles. The maximum absolute atomic E-state index is 12.6. The fraction of sp³-hybridized carbons (Fsp3) is 0.150. The molecule has 0 saturated carbocycles. The maximum atomic E-state index is 12.6. The first-order chi connectivity index (χ1) is 12.3. The molecule has 1 atom stereocenters. The van der Waals surface area contributed by atoms with Crippen LogP contribution in [-0.4, -0.2) is 21.9 Å². The van der Waals surface area contributed by atoms with Gasteiger partial charge in [0.1, 0.15) is 5.04 Å². The Morgan fingerprint density at radius 1 is 1.12 bits per heavy atom. The van der Waals surface area contributed by atoms with E-state index in [9.17, 15) is 4.79 Å². The molecule has 1 amide bonds. The molecule has 0 radical (unpaired) electrons. The first kappa shape index (κ1) is 17.2. The van der Waals surface area contributed by atoms with Gasteiger partial charge in [-0.15, -0.1) is 11.7 Å². The van der Waals surface area contributed by atoms with E-state index in [0.717, 1.165) is 22.0 Å². The summed E-state index contributed by atoms with van der Waals surface area (Å²) >= 11 is 1.45. The summed E-state index contributed by atoms with van der Waals surface area (Å²) in [6.07, 6.45) is 2.99. The number of benzene rings is 2. The van der Waals surface area contributed by atoms with Gasteiger partial charge in [-0.25, -0.2) is 0 Å². The SMILES string of the molecule is C=CCC(SC1=NN=C(c2ccccc2)C1)C(=O)Nc1ccccc1. The number of nitrogens with one attached hydrogen (secondary N) is 1. The zero-order valence-electron chi connectivity index (χ0n) is 13.8. The van der Waals surface area contributed by atoms with Crippen LogP contribution in [0.4, 0.5) is 5.69 Å². The van der Waals surface area contributed by atoms with Crippen LogP contribution < -0.4 is 5.32 Å². The van der Waals surface area contributed by atoms with Crippen molar-refractivity contribution in [1.29, 1.82) is 0 Å². The molecular formula is C20H19N3OS. The fourth-order valence-corrected chi connectivity index (χ4v) is 3.49. The zero-order valence-corrected chi connectivity index (χ0v) is 14.6. The van der Waals surface area contributed by atoms with Crippen molar-refractivity contribution in [3.05, 3.63) is 78.9 Å². The van der Waals surface area contributed by atoms with Crippen LogP contribution in [0.2, 0.25) is 0 Å². The predicted molar refractivity (Wildman–Crippen MR) is 106 cm³/mol. The first-order valence-electron chi connectivity index (χ1n) is 8.08. The summed E-state index contributed by atoms with van der Waals surface area (Å²) in [7, 11) is 0. The van der Waals surface area contributed by atoms with Gasteiger partial charge in [0.05, 0.1) is 11.0 Å². The van der Waals surface area contributed by atoms with Crippen LogP contribution in [0.25, 0.3) is 0 Å². The van der Waals surface area contributed by atoms with Crippen molar-refractivity contribution in [2.24, 2.45) is 10.2 Å². The highest BCUT2D eigenvalue weighted by atomic mass is 32.2. The summed E-state index contributed by atoms with van der Waals surface area (Å²) in [4.78, 5) is 12.6. The molecule has 2 aromatic carbocycles. The molecule has 0 spiro atoms. The average Bonchev–Trinajstić information content (AvgIpc) is 3.11. The molecule has 1 unspecified atom stereocenters. The molecule has 1 aliphatic rings. The maximum Gasteiger partial charge on any atom is 0.238 e. The van der Waals surface area contributed by atoms with Gasteiger partial charge >= 0.3 is 0 Å². The van der Waals surface area contributed by atoms with Gasteiger partial charge < -0.3 is 5.32 Å². The van der Waals surface area contributed by atoms with E-state index in [1.807, 2.05) is 60.7 Å². The Hall–Kier alpha value is -2.66. The highest BCUT2D eigenvalue weighted by Crippen LogP contribution is 2.25. The molecule has 2 aromatic rings. The van der Waals surface area contributed by atoms with Crippen molar-refractivity contribution in [1.82, 2.24) is 0 Å². The summed E-state index contributed by atoms with van der Waals surface area (Å²) in [5.41, 5.74) is 2.79. The minimum atomic E-state index is -0.276. The Kier molecular flexibility index (Phi) is 5.80. The number of hydrogen-bond acceptors (Lipinski definition) is 4. The van der Waals surface area contributed by atoms with E-state index in [0.29, 0.717) is 12.8 Å². The number of nitrogens with zero attached hydrogens (tertiary/aromatic N) is 2. The van der Waals surface area contributed by atoms with E-state index in [1.54, 1.807) is 6.08 Å². The lowest BCUT2D eigenvalue weighted by Crippen LogP contribution is -2.26. The van der Waals surface area contributed by atoms with Crippen LogP contribution >= 0.6 is 11.8 Å². The molecule has 25 heavy (non-hydrogen) atoms. The van der Waals surface area contributed by atoms with Gasteiger partial charge in [0.15, 0.2) is 0 Å². The molecule has 4 nitrogen and oxygen atoms in total. The standard InChI is InChI=1S/C20H19N3OS/c1-2-9-18(20(24)21-16-12-7-4-8-13-16)25-19-14-17(22-23-19)15-10-5-3-6-11-15/h2-8,10-13,18H,1,9,14H2,(H,21,24). The molecular weight excluding hydrogens is 330 g/mol. The zero-order chi connectivity index (χ0) is 17.5. The molecule has 0 bridgehead atoms. The second-order valence-corrected chi connectivity index (χ2v) is 6.85. The lowest BCUT2D eigenvalue weighted by atomic mass is 10.1. The molecule has 0 saturated heterocycles. The number of carbonyl (C=O) groups is 1. The minimum Gasteiger partial charge on any atom is -0.325 e. The van der Waals surface area contributed by atoms with Crippen molar-refractivity contribution in [3.63, 3.8) is 0 Å². The Balaban J connectivity index is 1.61. The summed E-state index contributed by atoms with van der Waals surface area (Å²) < 4.78 is 0. The van der Waals surface area contributed by atoms with Gasteiger partial charge in [-0.05, 0) is 24.1 Å². The molecule has 1 heterocycles. The number of allylic oxidation sites excluding steroid dienone is 1. The van der Waals surface area contributed by atoms with Crippen molar-refractivity contribution in [2.45, 2.75) is 18.1 Å². The van der Waals surface area contributed by atoms with Crippen molar-refractivity contribution in [3.8, 4) is 0 Å². The highest BCUT2D eigenvalue weighted by molar-refractivity contribution is 8.15. The summed E-state index contributed by atoms with van der Waals surface area (Å²) in [5, 5.41) is 12.1. The number of amides is 1. The quantitative estimate of drug-likeness (QED) is 0.780. The van der Waals surface area contributed by atoms with Crippen molar-refractivity contribution >= 4 is 34.1 Å². The second kappa shape index (κ2) is 8.44. The molecule has 126 valence electrons. The van der Waals surface area contributed by atoms with Gasteiger partial charge in [0.25, 0.3) is 0 Å². The molecule has 1 N–H and O–H groups in total. The van der Waals surface area contributed by atoms with Crippen LogP contribution in [0.3, 0.4) is 0 Å². The third kappa shape index (κ3) is 4.67. The van der Waals surface area contributed by atoms with Crippen LogP contribution in [0.15, 0.2) is 83.5 Å². The summed E-state index contributed by atoms with van der Waals surface area (Å²) in [6.45, 7) is 3.77. The average molecular weight is 349 g/mol. The number of thioether (sulfide) groups is 1. The smallest absolute Gasteiger partial charge is 0.238 e. The second-order valence-electron chi connectivity index (χ2n) is 5.57. The number of hydrogen-bond donors (Lipinski definition) is 1. The van der Waals surface area contributed by atoms with Gasteiger partial charge in [0, 0.05) is 12.1 Å². The van der Waals surface area contributed by atoms with E-state index in [-0.39, 0.29) is 11.2 Å². The van der Waals surface area contributed by atoms with E-state index < -0.39 is 0 Å². The van der Waals surface area contributed by atoms with Gasteiger partial charge in [0.2, 0.25) is 5.91 Å². The minimum absolute atomic E-state index is 0.0491. The molecule has 3 rings (SSSR count). The monoisotopic (exact) mass is 349 g/mol. The van der Waals surface area contributed by atoms with Crippen LogP contribution in [0.5, 0.6) is 0 Å². The van der Waals surface area contributed by atoms with Gasteiger partial charge in [-0.2, -0.15) is 5.10 Å². The fourth-order valence-electron chi connectivity index (χ4n) is 2.45. The Bertz CT molecular complexity index is 800. The van der Waals surface area contributed by atoms with Gasteiger partial charge in [-0.3, -0.25) is 4.79 Å². The normalized spacial score (nSPS) is 14.4. The summed E-state index contributed by atoms with van der Waals surface area (Å²) in [6, 6.07) is 19.4. The van der Waals surface area contributed by atoms with E-state index in [4.69, 9.17) is 0 Å². The number of para-hydroxylation sites is 1. The highest BCUT2D eigenvalue weighted by Gasteiger charge is 2.24. The third-order valence-corrected chi connectivity index (χ3v) is 4.89. The summed E-state index contributed by atoms with van der Waals surface area (Å²) in [5.74, 6) is -0.0491. The van der Waals surface area contributed by atoms with Crippen LogP contribution in [-0.2, 0) is 4.79 Å². The van der Waals surface area contributed by atoms with Crippen molar-refractivity contribution in [2.75, 3.05) is 5.32 Å². The van der Waals surface area contributed by atoms with E-state index in [2.05, 4.69) is 22.1 Å². The largest absolute Gasteiger partial charge is 0.325 e. The number of carbonyl (C=O) groups excluding carboxylic acids is 1.